The van der Waals surface area contributed by atoms with Crippen LogP contribution >= 0.6 is 0 Å². The van der Waals surface area contributed by atoms with Crippen LogP contribution < -0.4 is 5.73 Å². The van der Waals surface area contributed by atoms with Crippen molar-refractivity contribution >= 4 is 23.6 Å². The molecule has 2 N–H and O–H groups in total. The lowest BCUT2D eigenvalue weighted by Gasteiger charge is -2.16. The molecule has 3 heterocycles. The predicted molar refractivity (Wildman–Crippen MR) is 102 cm³/mol. The van der Waals surface area contributed by atoms with Crippen LogP contribution in [0.25, 0.3) is 5.69 Å². The summed E-state index contributed by atoms with van der Waals surface area (Å²) in [5, 5.41) is 9.21. The number of nitrogens with two attached hydrogens (primary N) is 1. The Balaban J connectivity index is 1.60. The molecule has 0 radical (unpaired) electrons. The zero-order chi connectivity index (χ0) is 20.7. The maximum Gasteiger partial charge on any atom is 0.357 e. The van der Waals surface area contributed by atoms with Gasteiger partial charge in [-0.1, -0.05) is 12.1 Å². The number of nitrogen functional groups attached to an aromatic ring is 1. The molecule has 1 atom stereocenters. The van der Waals surface area contributed by atoms with Crippen LogP contribution in [0.2, 0.25) is 0 Å². The van der Waals surface area contributed by atoms with E-state index in [0.29, 0.717) is 18.7 Å². The Morgan fingerprint density at radius 2 is 2.03 bits per heavy atom. The first kappa shape index (κ1) is 18.6. The van der Waals surface area contributed by atoms with Gasteiger partial charge in [0.1, 0.15) is 12.1 Å². The van der Waals surface area contributed by atoms with Gasteiger partial charge in [-0.15, -0.1) is 0 Å². The van der Waals surface area contributed by atoms with Crippen molar-refractivity contribution < 1.29 is 19.1 Å². The van der Waals surface area contributed by atoms with Gasteiger partial charge in [0.25, 0.3) is 5.91 Å². The van der Waals surface area contributed by atoms with E-state index in [4.69, 9.17) is 10.5 Å². The largest absolute Gasteiger partial charge is 0.464 e. The normalized spacial score (nSPS) is 18.1. The number of anilines is 1. The third-order valence-electron chi connectivity index (χ3n) is 5.38. The molecule has 29 heavy (non-hydrogen) atoms. The van der Waals surface area contributed by atoms with Crippen molar-refractivity contribution in [2.75, 3.05) is 19.4 Å². The van der Waals surface area contributed by atoms with Crippen LogP contribution in [0.4, 0.5) is 10.5 Å². The lowest BCUT2D eigenvalue weighted by molar-refractivity contribution is -0.128. The molecule has 0 saturated carbocycles. The number of nitrogens with zero attached hydrogens (tertiary/aromatic N) is 4. The number of hydrogen-bond donors (Lipinski definition) is 1. The van der Waals surface area contributed by atoms with Gasteiger partial charge in [-0.25, -0.2) is 9.59 Å². The van der Waals surface area contributed by atoms with Crippen LogP contribution in [-0.4, -0.2) is 52.0 Å². The van der Waals surface area contributed by atoms with E-state index >= 15 is 0 Å². The minimum absolute atomic E-state index is 0.0530. The minimum atomic E-state index is -0.651. The molecule has 1 aromatic heterocycles. The number of benzene rings is 1. The smallest absolute Gasteiger partial charge is 0.357 e. The number of fused-ring (bicyclic) bond motifs is 1. The molecule has 4 rings (SSSR count). The molecule has 1 aromatic carbocycles. The first-order valence-corrected chi connectivity index (χ1v) is 9.16. The first-order chi connectivity index (χ1) is 14.0. The average Bonchev–Trinajstić information content (AvgIpc) is 3.40. The number of methoxy groups -OCH3 is 1. The molecule has 0 bridgehead atoms. The Kier molecular flexibility index (Phi) is 4.47. The minimum Gasteiger partial charge on any atom is -0.464 e. The number of ether oxygens (including phenoxy) is 1. The highest BCUT2D eigenvalue weighted by Gasteiger charge is 2.47. The summed E-state index contributed by atoms with van der Waals surface area (Å²) in [5.41, 5.74) is 7.58. The fraction of sp³-hybridized carbons (Fsp3) is 0.300. The van der Waals surface area contributed by atoms with Crippen LogP contribution in [0.5, 0.6) is 0 Å². The number of carbonyl (C=O) groups excluding carboxylic acids is 3. The molecule has 2 fully saturated rings. The molecule has 3 amide bonds. The molecule has 2 saturated heterocycles. The van der Waals surface area contributed by atoms with E-state index in [-0.39, 0.29) is 41.5 Å². The van der Waals surface area contributed by atoms with Gasteiger partial charge in [-0.05, 0) is 30.5 Å². The van der Waals surface area contributed by atoms with Gasteiger partial charge in [0.2, 0.25) is 0 Å². The van der Waals surface area contributed by atoms with Crippen molar-refractivity contribution in [1.29, 1.82) is 5.26 Å². The van der Waals surface area contributed by atoms with Gasteiger partial charge >= 0.3 is 12.0 Å². The fourth-order valence-corrected chi connectivity index (χ4v) is 3.89. The fourth-order valence-electron chi connectivity index (χ4n) is 3.89. The maximum atomic E-state index is 12.5. The van der Waals surface area contributed by atoms with E-state index < -0.39 is 5.97 Å². The van der Waals surface area contributed by atoms with Crippen molar-refractivity contribution in [3.63, 3.8) is 0 Å². The monoisotopic (exact) mass is 393 g/mol. The Bertz CT molecular complexity index is 1030. The number of esters is 1. The van der Waals surface area contributed by atoms with E-state index in [9.17, 15) is 19.6 Å². The molecular weight excluding hydrogens is 374 g/mol. The van der Waals surface area contributed by atoms with Crippen LogP contribution in [0.15, 0.2) is 30.5 Å². The van der Waals surface area contributed by atoms with E-state index in [2.05, 4.69) is 0 Å². The Hall–Kier alpha value is -3.80. The molecule has 2 aromatic rings. The summed E-state index contributed by atoms with van der Waals surface area (Å²) in [7, 11) is 1.24. The van der Waals surface area contributed by atoms with Crippen molar-refractivity contribution in [3.05, 3.63) is 47.3 Å². The van der Waals surface area contributed by atoms with Crippen molar-refractivity contribution in [3.8, 4) is 11.8 Å². The standard InChI is InChI=1S/C20H19N5O4/c1-29-19(27)17-16(22)13(9-21)11-24(17)14-6-4-12(5-7-14)10-25-18(26)15-3-2-8-23(15)20(25)28/h4-7,11,15H,2-3,8,10,22H2,1H3. The van der Waals surface area contributed by atoms with E-state index in [0.717, 1.165) is 12.0 Å². The number of aromatic nitrogens is 1. The summed E-state index contributed by atoms with van der Waals surface area (Å²) in [6, 6.07) is 8.38. The number of imide groups is 1. The lowest BCUT2D eigenvalue weighted by atomic mass is 10.1. The van der Waals surface area contributed by atoms with Gasteiger partial charge in [0.05, 0.1) is 24.9 Å². The Morgan fingerprint density at radius 1 is 1.31 bits per heavy atom. The number of rotatable bonds is 4. The summed E-state index contributed by atoms with van der Waals surface area (Å²) in [6.45, 7) is 0.809. The molecular formula is C20H19N5O4. The average molecular weight is 393 g/mol. The number of urea groups is 1. The molecule has 2 aliphatic heterocycles. The third kappa shape index (κ3) is 2.89. The third-order valence-corrected chi connectivity index (χ3v) is 5.38. The molecule has 0 spiro atoms. The summed E-state index contributed by atoms with van der Waals surface area (Å²) in [6.07, 6.45) is 3.04. The second-order valence-corrected chi connectivity index (χ2v) is 7.00. The molecule has 9 nitrogen and oxygen atoms in total. The first-order valence-electron chi connectivity index (χ1n) is 9.16. The van der Waals surface area contributed by atoms with Crippen LogP contribution in [0.3, 0.4) is 0 Å². The van der Waals surface area contributed by atoms with Crippen LogP contribution in [0, 0.1) is 11.3 Å². The number of nitriles is 1. The topological polar surface area (TPSA) is 122 Å². The number of carbonyl (C=O) groups is 3. The van der Waals surface area contributed by atoms with Crippen LogP contribution in [-0.2, 0) is 16.1 Å². The number of hydrogen-bond acceptors (Lipinski definition) is 6. The second-order valence-electron chi connectivity index (χ2n) is 7.00. The quantitative estimate of drug-likeness (QED) is 0.623. The van der Waals surface area contributed by atoms with E-state index in [1.54, 1.807) is 29.2 Å². The highest BCUT2D eigenvalue weighted by atomic mass is 16.5. The van der Waals surface area contributed by atoms with Gasteiger partial charge in [-0.3, -0.25) is 9.69 Å². The summed E-state index contributed by atoms with van der Waals surface area (Å²) < 4.78 is 6.27. The van der Waals surface area contributed by atoms with Gasteiger partial charge in [-0.2, -0.15) is 5.26 Å². The van der Waals surface area contributed by atoms with Crippen molar-refractivity contribution in [1.82, 2.24) is 14.4 Å². The van der Waals surface area contributed by atoms with Gasteiger partial charge in [0, 0.05) is 18.4 Å². The van der Waals surface area contributed by atoms with E-state index in [1.807, 2.05) is 6.07 Å². The maximum absolute atomic E-state index is 12.5. The molecule has 1 unspecified atom stereocenters. The predicted octanol–water partition coefficient (Wildman–Crippen LogP) is 1.64. The number of amides is 3. The lowest BCUT2D eigenvalue weighted by Crippen LogP contribution is -2.32. The highest BCUT2D eigenvalue weighted by Crippen LogP contribution is 2.29. The Labute approximate surface area is 166 Å². The van der Waals surface area contributed by atoms with Crippen molar-refractivity contribution in [2.45, 2.75) is 25.4 Å². The zero-order valence-electron chi connectivity index (χ0n) is 15.8. The second kappa shape index (κ2) is 6.98. The summed E-state index contributed by atoms with van der Waals surface area (Å²) >= 11 is 0. The highest BCUT2D eigenvalue weighted by molar-refractivity contribution is 6.04. The molecule has 148 valence electrons. The Morgan fingerprint density at radius 3 is 2.66 bits per heavy atom. The van der Waals surface area contributed by atoms with E-state index in [1.165, 1.54) is 22.8 Å². The molecule has 9 heteroatoms. The zero-order valence-corrected chi connectivity index (χ0v) is 15.8. The summed E-state index contributed by atoms with van der Waals surface area (Å²) in [5.74, 6) is -0.802. The molecule has 0 aliphatic carbocycles. The van der Waals surface area contributed by atoms with Gasteiger partial charge < -0.3 is 19.9 Å². The van der Waals surface area contributed by atoms with Gasteiger partial charge in [0.15, 0.2) is 5.69 Å². The summed E-state index contributed by atoms with van der Waals surface area (Å²) in [4.78, 5) is 39.9. The van der Waals surface area contributed by atoms with Crippen molar-refractivity contribution in [2.24, 2.45) is 0 Å². The van der Waals surface area contributed by atoms with Crippen LogP contribution in [0.1, 0.15) is 34.5 Å². The SMILES string of the molecule is COC(=O)c1c(N)c(C#N)cn1-c1ccc(CN2C(=O)C3CCCN3C2=O)cc1. The molecule has 2 aliphatic rings.